The van der Waals surface area contributed by atoms with Crippen molar-refractivity contribution in [2.24, 2.45) is 0 Å². The first-order valence-corrected chi connectivity index (χ1v) is 5.76. The number of carbonyl (C=O) groups excluding carboxylic acids is 1. The molecule has 0 aliphatic carbocycles. The average molecular weight is 255 g/mol. The Hall–Kier alpha value is -2.61. The number of rotatable bonds is 4. The molecule has 0 aliphatic rings. The van der Waals surface area contributed by atoms with E-state index in [0.29, 0.717) is 5.82 Å². The molecule has 1 unspecified atom stereocenters. The number of hydrogen-bond donors (Lipinski definition) is 0. The molecule has 2 aromatic rings. The zero-order chi connectivity index (χ0) is 13.8. The van der Waals surface area contributed by atoms with E-state index in [1.54, 1.807) is 4.57 Å². The summed E-state index contributed by atoms with van der Waals surface area (Å²) in [4.78, 5) is 16.2. The number of imidazole rings is 1. The largest absolute Gasteiger partial charge is 0.467 e. The van der Waals surface area contributed by atoms with Crippen molar-refractivity contribution < 1.29 is 9.53 Å². The number of benzene rings is 1. The van der Waals surface area contributed by atoms with E-state index >= 15 is 0 Å². The topological polar surface area (TPSA) is 67.9 Å². The summed E-state index contributed by atoms with van der Waals surface area (Å²) in [6, 6.07) is 8.77. The monoisotopic (exact) mass is 255 g/mol. The molecule has 0 bridgehead atoms. The first-order chi connectivity index (χ1) is 9.22. The molecule has 1 aromatic carbocycles. The first-order valence-electron chi connectivity index (χ1n) is 5.76. The fraction of sp³-hybridized carbons (Fsp3) is 0.214. The highest BCUT2D eigenvalue weighted by molar-refractivity contribution is 5.82. The molecule has 0 N–H and O–H groups in total. The summed E-state index contributed by atoms with van der Waals surface area (Å²) in [6.07, 6.45) is 1.61. The minimum Gasteiger partial charge on any atom is -0.467 e. The Morgan fingerprint density at radius 2 is 2.37 bits per heavy atom. The van der Waals surface area contributed by atoms with E-state index < -0.39 is 12.0 Å². The van der Waals surface area contributed by atoms with Crippen molar-refractivity contribution in [1.29, 1.82) is 5.26 Å². The standard InChI is InChI=1S/C14H13N3O2/c1-3-11(14(18)19-2)17-12-7-5-4-6-10(12)16-13(17)8-9-15/h3-7,11H,1,8H2,2H3. The van der Waals surface area contributed by atoms with E-state index in [2.05, 4.69) is 17.6 Å². The molecule has 0 amide bonds. The number of ether oxygens (including phenoxy) is 1. The maximum Gasteiger partial charge on any atom is 0.332 e. The molecule has 0 saturated heterocycles. The molecule has 1 atom stereocenters. The molecular weight excluding hydrogens is 242 g/mol. The van der Waals surface area contributed by atoms with E-state index in [9.17, 15) is 4.79 Å². The van der Waals surface area contributed by atoms with Crippen LogP contribution in [0.2, 0.25) is 0 Å². The maximum absolute atomic E-state index is 11.8. The van der Waals surface area contributed by atoms with Crippen LogP contribution in [0.3, 0.4) is 0 Å². The van der Waals surface area contributed by atoms with Gasteiger partial charge in [-0.25, -0.2) is 9.78 Å². The average Bonchev–Trinajstić information content (AvgIpc) is 2.78. The van der Waals surface area contributed by atoms with Crippen LogP contribution in [-0.2, 0) is 16.0 Å². The van der Waals surface area contributed by atoms with Gasteiger partial charge in [-0.2, -0.15) is 5.26 Å². The number of nitrogens with zero attached hydrogens (tertiary/aromatic N) is 3. The second-order valence-electron chi connectivity index (χ2n) is 3.93. The molecule has 1 heterocycles. The predicted octanol–water partition coefficient (Wildman–Crippen LogP) is 2.00. The van der Waals surface area contributed by atoms with Crippen LogP contribution in [0.5, 0.6) is 0 Å². The van der Waals surface area contributed by atoms with Gasteiger partial charge in [0.25, 0.3) is 0 Å². The molecule has 1 aromatic heterocycles. The molecule has 2 rings (SSSR count). The molecule has 5 heteroatoms. The zero-order valence-electron chi connectivity index (χ0n) is 10.5. The van der Waals surface area contributed by atoms with Crippen molar-refractivity contribution in [3.63, 3.8) is 0 Å². The number of nitriles is 1. The molecular formula is C14H13N3O2. The van der Waals surface area contributed by atoms with Crippen LogP contribution < -0.4 is 0 Å². The number of esters is 1. The summed E-state index contributed by atoms with van der Waals surface area (Å²) in [5, 5.41) is 8.87. The van der Waals surface area contributed by atoms with Crippen molar-refractivity contribution >= 4 is 17.0 Å². The van der Waals surface area contributed by atoms with Crippen molar-refractivity contribution in [2.45, 2.75) is 12.5 Å². The molecule has 19 heavy (non-hydrogen) atoms. The Kier molecular flexibility index (Phi) is 3.62. The van der Waals surface area contributed by atoms with Gasteiger partial charge in [-0.15, -0.1) is 6.58 Å². The van der Waals surface area contributed by atoms with Crippen molar-refractivity contribution in [1.82, 2.24) is 9.55 Å². The smallest absolute Gasteiger partial charge is 0.332 e. The van der Waals surface area contributed by atoms with E-state index in [0.717, 1.165) is 11.0 Å². The van der Waals surface area contributed by atoms with Crippen LogP contribution in [0.4, 0.5) is 0 Å². The molecule has 96 valence electrons. The third-order valence-electron chi connectivity index (χ3n) is 2.85. The van der Waals surface area contributed by atoms with Crippen LogP contribution in [0.25, 0.3) is 11.0 Å². The van der Waals surface area contributed by atoms with Crippen LogP contribution in [0.1, 0.15) is 11.9 Å². The van der Waals surface area contributed by atoms with Gasteiger partial charge in [0.1, 0.15) is 5.82 Å². The van der Waals surface area contributed by atoms with Crippen molar-refractivity contribution in [2.75, 3.05) is 7.11 Å². The van der Waals surface area contributed by atoms with E-state index in [-0.39, 0.29) is 6.42 Å². The summed E-state index contributed by atoms with van der Waals surface area (Å²) in [5.41, 5.74) is 1.52. The van der Waals surface area contributed by atoms with Crippen LogP contribution in [-0.4, -0.2) is 22.6 Å². The lowest BCUT2D eigenvalue weighted by molar-refractivity contribution is -0.142. The number of hydrogen-bond acceptors (Lipinski definition) is 4. The fourth-order valence-electron chi connectivity index (χ4n) is 2.03. The molecule has 0 saturated carbocycles. The van der Waals surface area contributed by atoms with E-state index in [1.165, 1.54) is 13.2 Å². The van der Waals surface area contributed by atoms with Gasteiger partial charge in [0, 0.05) is 0 Å². The minimum absolute atomic E-state index is 0.121. The third-order valence-corrected chi connectivity index (χ3v) is 2.85. The minimum atomic E-state index is -0.680. The predicted molar refractivity (Wildman–Crippen MR) is 70.3 cm³/mol. The number of fused-ring (bicyclic) bond motifs is 1. The summed E-state index contributed by atoms with van der Waals surface area (Å²) in [7, 11) is 1.32. The number of para-hydroxylation sites is 2. The molecule has 0 radical (unpaired) electrons. The summed E-state index contributed by atoms with van der Waals surface area (Å²) in [5.74, 6) is 0.0938. The lowest BCUT2D eigenvalue weighted by Gasteiger charge is -2.15. The Morgan fingerprint density at radius 1 is 1.63 bits per heavy atom. The number of carbonyl (C=O) groups is 1. The summed E-state index contributed by atoms with van der Waals surface area (Å²) >= 11 is 0. The van der Waals surface area contributed by atoms with Gasteiger partial charge in [0.15, 0.2) is 6.04 Å². The van der Waals surface area contributed by atoms with Crippen LogP contribution >= 0.6 is 0 Å². The van der Waals surface area contributed by atoms with E-state index in [1.807, 2.05) is 24.3 Å². The van der Waals surface area contributed by atoms with Crippen LogP contribution in [0.15, 0.2) is 36.9 Å². The fourth-order valence-corrected chi connectivity index (χ4v) is 2.03. The van der Waals surface area contributed by atoms with Crippen molar-refractivity contribution in [3.8, 4) is 6.07 Å². The summed E-state index contributed by atoms with van der Waals surface area (Å²) < 4.78 is 6.46. The van der Waals surface area contributed by atoms with Gasteiger partial charge in [-0.1, -0.05) is 18.2 Å². The Bertz CT molecular complexity index is 667. The first kappa shape index (κ1) is 12.8. The third kappa shape index (κ3) is 2.20. The van der Waals surface area contributed by atoms with Gasteiger partial charge < -0.3 is 9.30 Å². The lowest BCUT2D eigenvalue weighted by Crippen LogP contribution is -2.20. The number of aromatic nitrogens is 2. The Morgan fingerprint density at radius 3 is 3.00 bits per heavy atom. The maximum atomic E-state index is 11.8. The van der Waals surface area contributed by atoms with Gasteiger partial charge in [0.2, 0.25) is 0 Å². The normalized spacial score (nSPS) is 11.8. The highest BCUT2D eigenvalue weighted by Gasteiger charge is 2.23. The Balaban J connectivity index is 2.68. The molecule has 0 spiro atoms. The second kappa shape index (κ2) is 5.36. The highest BCUT2D eigenvalue weighted by atomic mass is 16.5. The molecule has 5 nitrogen and oxygen atoms in total. The molecule has 0 aliphatic heterocycles. The Labute approximate surface area is 110 Å². The van der Waals surface area contributed by atoms with Gasteiger partial charge in [-0.3, -0.25) is 0 Å². The molecule has 0 fully saturated rings. The highest BCUT2D eigenvalue weighted by Crippen LogP contribution is 2.23. The second-order valence-corrected chi connectivity index (χ2v) is 3.93. The number of methoxy groups -OCH3 is 1. The van der Waals surface area contributed by atoms with Crippen LogP contribution in [0, 0.1) is 11.3 Å². The van der Waals surface area contributed by atoms with Gasteiger partial charge >= 0.3 is 5.97 Å². The van der Waals surface area contributed by atoms with E-state index in [4.69, 9.17) is 10.00 Å². The quantitative estimate of drug-likeness (QED) is 0.619. The lowest BCUT2D eigenvalue weighted by atomic mass is 10.2. The summed E-state index contributed by atoms with van der Waals surface area (Å²) in [6.45, 7) is 3.66. The SMILES string of the molecule is C=CC(C(=O)OC)n1c(CC#N)nc2ccccc21. The van der Waals surface area contributed by atoms with Crippen molar-refractivity contribution in [3.05, 3.63) is 42.7 Å². The van der Waals surface area contributed by atoms with Gasteiger partial charge in [-0.05, 0) is 12.1 Å². The zero-order valence-corrected chi connectivity index (χ0v) is 10.5. The van der Waals surface area contributed by atoms with Gasteiger partial charge in [0.05, 0.1) is 30.6 Å².